The van der Waals surface area contributed by atoms with Crippen LogP contribution in [0.25, 0.3) is 33.0 Å². The molecule has 0 saturated heterocycles. The molecular weight excluding hydrogens is 510 g/mol. The molecule has 9 heteroatoms. The Hall–Kier alpha value is -4.71. The Kier molecular flexibility index (Phi) is 6.79. The summed E-state index contributed by atoms with van der Waals surface area (Å²) in [7, 11) is 0. The zero-order valence-corrected chi connectivity index (χ0v) is 20.4. The number of hydrogen-bond donors (Lipinski definition) is 2. The molecule has 1 heterocycles. The van der Waals surface area contributed by atoms with Crippen molar-refractivity contribution in [2.75, 3.05) is 0 Å². The summed E-state index contributed by atoms with van der Waals surface area (Å²) >= 11 is 0. The average molecular weight is 532 g/mol. The second-order valence-electron chi connectivity index (χ2n) is 9.32. The number of aliphatic carboxylic acids is 1. The third-order valence-electron chi connectivity index (χ3n) is 6.93. The van der Waals surface area contributed by atoms with Crippen molar-refractivity contribution in [3.63, 3.8) is 0 Å². The summed E-state index contributed by atoms with van der Waals surface area (Å²) in [6, 6.07) is 15.3. The van der Waals surface area contributed by atoms with Crippen LogP contribution in [0.3, 0.4) is 0 Å². The van der Waals surface area contributed by atoms with E-state index < -0.39 is 23.7 Å². The molecule has 1 saturated carbocycles. The SMILES string of the molecule is [C-]#[N+]c1cc(C(F)(F)F)ccc1/C(=C(\c1ccc(/C=C/C(=O)O)cc1)c1ccc2n[nH]c(F)c2c1)C1CCC1. The lowest BCUT2D eigenvalue weighted by molar-refractivity contribution is -0.137. The minimum Gasteiger partial charge on any atom is -0.478 e. The van der Waals surface area contributed by atoms with Gasteiger partial charge < -0.3 is 5.11 Å². The molecular formula is C30H21F4N3O2. The molecule has 5 nitrogen and oxygen atoms in total. The summed E-state index contributed by atoms with van der Waals surface area (Å²) in [6.07, 6.45) is 0.389. The minimum atomic E-state index is -4.59. The van der Waals surface area contributed by atoms with E-state index in [1.165, 1.54) is 12.1 Å². The molecule has 39 heavy (non-hydrogen) atoms. The van der Waals surface area contributed by atoms with E-state index in [1.54, 1.807) is 42.5 Å². The van der Waals surface area contributed by atoms with Crippen LogP contribution in [0.4, 0.5) is 23.2 Å². The maximum atomic E-state index is 14.5. The van der Waals surface area contributed by atoms with Gasteiger partial charge in [0.2, 0.25) is 5.95 Å². The molecule has 4 aromatic rings. The molecule has 0 spiro atoms. The number of allylic oxidation sites excluding steroid dienone is 1. The molecule has 5 rings (SSSR count). The van der Waals surface area contributed by atoms with Crippen LogP contribution in [0.2, 0.25) is 0 Å². The number of carboxylic acids is 1. The number of carboxylic acid groups (broad SMARTS) is 1. The van der Waals surface area contributed by atoms with E-state index in [-0.39, 0.29) is 17.0 Å². The van der Waals surface area contributed by atoms with Crippen LogP contribution in [-0.2, 0) is 11.0 Å². The van der Waals surface area contributed by atoms with Crippen molar-refractivity contribution in [1.82, 2.24) is 10.2 Å². The molecule has 1 aliphatic carbocycles. The van der Waals surface area contributed by atoms with Gasteiger partial charge in [0.1, 0.15) is 0 Å². The van der Waals surface area contributed by atoms with Crippen molar-refractivity contribution in [2.24, 2.45) is 5.92 Å². The van der Waals surface area contributed by atoms with Crippen molar-refractivity contribution in [1.29, 1.82) is 0 Å². The minimum absolute atomic E-state index is 0.0197. The summed E-state index contributed by atoms with van der Waals surface area (Å²) in [5.74, 6) is -1.72. The number of aromatic amines is 1. The Morgan fingerprint density at radius 3 is 2.38 bits per heavy atom. The number of nitrogens with one attached hydrogen (secondary N) is 1. The quantitative estimate of drug-likeness (QED) is 0.114. The first kappa shape index (κ1) is 25.9. The monoisotopic (exact) mass is 531 g/mol. The number of hydrogen-bond acceptors (Lipinski definition) is 2. The van der Waals surface area contributed by atoms with Gasteiger partial charge in [-0.3, -0.25) is 5.10 Å². The number of alkyl halides is 3. The van der Waals surface area contributed by atoms with Crippen LogP contribution in [0.15, 0.2) is 66.7 Å². The molecule has 1 fully saturated rings. The third-order valence-corrected chi connectivity index (χ3v) is 6.93. The lowest BCUT2D eigenvalue weighted by atomic mass is 9.72. The van der Waals surface area contributed by atoms with Gasteiger partial charge in [0.05, 0.1) is 17.5 Å². The third kappa shape index (κ3) is 5.18. The Morgan fingerprint density at radius 2 is 1.77 bits per heavy atom. The van der Waals surface area contributed by atoms with E-state index in [0.717, 1.165) is 43.0 Å². The molecule has 0 unspecified atom stereocenters. The number of nitrogens with zero attached hydrogens (tertiary/aromatic N) is 2. The molecule has 0 bridgehead atoms. The van der Waals surface area contributed by atoms with Crippen molar-refractivity contribution in [2.45, 2.75) is 25.4 Å². The molecule has 2 N–H and O–H groups in total. The van der Waals surface area contributed by atoms with Crippen molar-refractivity contribution < 1.29 is 27.5 Å². The highest BCUT2D eigenvalue weighted by molar-refractivity contribution is 6.03. The predicted octanol–water partition coefficient (Wildman–Crippen LogP) is 8.13. The number of H-pyrrole nitrogens is 1. The van der Waals surface area contributed by atoms with Gasteiger partial charge in [-0.2, -0.15) is 22.7 Å². The fraction of sp³-hybridized carbons (Fsp3) is 0.167. The van der Waals surface area contributed by atoms with E-state index in [2.05, 4.69) is 15.0 Å². The zero-order chi connectivity index (χ0) is 27.7. The predicted molar refractivity (Wildman–Crippen MR) is 140 cm³/mol. The number of aromatic nitrogens is 2. The Labute approximate surface area is 220 Å². The van der Waals surface area contributed by atoms with Crippen LogP contribution in [0.5, 0.6) is 0 Å². The average Bonchev–Trinajstić information content (AvgIpc) is 3.25. The lowest BCUT2D eigenvalue weighted by Crippen LogP contribution is -2.15. The highest BCUT2D eigenvalue weighted by Gasteiger charge is 2.33. The van der Waals surface area contributed by atoms with E-state index in [1.807, 2.05) is 0 Å². The second-order valence-corrected chi connectivity index (χ2v) is 9.32. The van der Waals surface area contributed by atoms with Gasteiger partial charge in [-0.1, -0.05) is 48.9 Å². The Balaban J connectivity index is 1.79. The first-order chi connectivity index (χ1) is 18.7. The lowest BCUT2D eigenvalue weighted by Gasteiger charge is -2.32. The van der Waals surface area contributed by atoms with Crippen molar-refractivity contribution in [3.8, 4) is 0 Å². The van der Waals surface area contributed by atoms with E-state index in [9.17, 15) is 22.4 Å². The van der Waals surface area contributed by atoms with Crippen LogP contribution in [0.1, 0.15) is 47.1 Å². The fourth-order valence-corrected chi connectivity index (χ4v) is 4.82. The van der Waals surface area contributed by atoms with E-state index in [4.69, 9.17) is 11.7 Å². The van der Waals surface area contributed by atoms with Gasteiger partial charge in [-0.25, -0.2) is 9.64 Å². The molecule has 1 aromatic heterocycles. The van der Waals surface area contributed by atoms with Crippen LogP contribution < -0.4 is 0 Å². The summed E-state index contributed by atoms with van der Waals surface area (Å²) < 4.78 is 54.9. The fourth-order valence-electron chi connectivity index (χ4n) is 4.82. The van der Waals surface area contributed by atoms with Gasteiger partial charge in [-0.15, -0.1) is 0 Å². The Bertz CT molecular complexity index is 1670. The van der Waals surface area contributed by atoms with Gasteiger partial charge >= 0.3 is 12.1 Å². The van der Waals surface area contributed by atoms with Gasteiger partial charge in [0, 0.05) is 11.6 Å². The van der Waals surface area contributed by atoms with Crippen molar-refractivity contribution >= 4 is 39.8 Å². The first-order valence-corrected chi connectivity index (χ1v) is 12.1. The largest absolute Gasteiger partial charge is 0.478 e. The maximum Gasteiger partial charge on any atom is 0.415 e. The zero-order valence-electron chi connectivity index (χ0n) is 20.4. The molecule has 0 radical (unpaired) electrons. The maximum absolute atomic E-state index is 14.5. The van der Waals surface area contributed by atoms with Crippen LogP contribution in [0, 0.1) is 18.4 Å². The summed E-state index contributed by atoms with van der Waals surface area (Å²) in [6.45, 7) is 7.69. The summed E-state index contributed by atoms with van der Waals surface area (Å²) in [4.78, 5) is 14.4. The summed E-state index contributed by atoms with van der Waals surface area (Å²) in [5.41, 5.74) is 3.16. The standard InChI is InChI=1S/C30H21F4N3O2/c1-35-25-16-21(30(32,33)34)11-12-22(25)28(18-3-2-4-18)27(19-8-5-17(6-9-19)7-14-26(38)39)20-10-13-24-23(15-20)29(31)37-36-24/h5-16,18H,2-4H2,(H,36,37)(H,38,39)/b14-7+,28-27+. The number of rotatable bonds is 6. The number of carbonyl (C=O) groups is 1. The van der Waals surface area contributed by atoms with Gasteiger partial charge in [-0.05, 0) is 76.4 Å². The molecule has 196 valence electrons. The molecule has 0 amide bonds. The topological polar surface area (TPSA) is 70.3 Å². The summed E-state index contributed by atoms with van der Waals surface area (Å²) in [5, 5.41) is 15.5. The van der Waals surface area contributed by atoms with Crippen LogP contribution >= 0.6 is 0 Å². The normalized spacial score (nSPS) is 14.7. The second kappa shape index (κ2) is 10.2. The van der Waals surface area contributed by atoms with Crippen molar-refractivity contribution in [3.05, 3.63) is 112 Å². The van der Waals surface area contributed by atoms with Gasteiger partial charge in [0.15, 0.2) is 5.69 Å². The first-order valence-electron chi connectivity index (χ1n) is 12.1. The molecule has 0 atom stereocenters. The molecule has 3 aromatic carbocycles. The number of fused-ring (bicyclic) bond motifs is 1. The highest BCUT2D eigenvalue weighted by Crippen LogP contribution is 2.48. The number of halogens is 4. The number of benzene rings is 3. The highest BCUT2D eigenvalue weighted by atomic mass is 19.4. The van der Waals surface area contributed by atoms with Gasteiger partial charge in [0.25, 0.3) is 0 Å². The van der Waals surface area contributed by atoms with E-state index in [0.29, 0.717) is 33.3 Å². The molecule has 0 aliphatic heterocycles. The molecule has 1 aliphatic rings. The van der Waals surface area contributed by atoms with Crippen LogP contribution in [-0.4, -0.2) is 21.3 Å². The Morgan fingerprint density at radius 1 is 1.05 bits per heavy atom. The van der Waals surface area contributed by atoms with E-state index >= 15 is 0 Å². The smallest absolute Gasteiger partial charge is 0.415 e.